The molecule has 1 aromatic carbocycles. The predicted molar refractivity (Wildman–Crippen MR) is 96.2 cm³/mol. The van der Waals surface area contributed by atoms with Crippen LogP contribution >= 0.6 is 35.0 Å². The van der Waals surface area contributed by atoms with Gasteiger partial charge >= 0.3 is 0 Å². The molecule has 1 aliphatic heterocycles. The molecular formula is C16H12Cl2N4OS. The number of fused-ring (bicyclic) bond motifs is 1. The van der Waals surface area contributed by atoms with E-state index < -0.39 is 0 Å². The molecule has 3 aromatic rings. The van der Waals surface area contributed by atoms with Crippen LogP contribution in [0.15, 0.2) is 45.0 Å². The third-order valence-corrected chi connectivity index (χ3v) is 5.32. The Hall–Kier alpha value is -1.76. The van der Waals surface area contributed by atoms with Crippen LogP contribution in [0.25, 0.3) is 11.3 Å². The molecule has 0 unspecified atom stereocenters. The summed E-state index contributed by atoms with van der Waals surface area (Å²) in [5.74, 6) is 2.98. The molecule has 0 N–H and O–H groups in total. The zero-order valence-electron chi connectivity index (χ0n) is 12.7. The Morgan fingerprint density at radius 3 is 2.75 bits per heavy atom. The number of nitrogens with zero attached hydrogens (tertiary/aromatic N) is 4. The highest BCUT2D eigenvalue weighted by Crippen LogP contribution is 2.31. The quantitative estimate of drug-likeness (QED) is 0.658. The minimum absolute atomic E-state index is 0.499. The molecule has 2 aromatic heterocycles. The SMILES string of the molecule is CCc1nnc2n1N=C(c1ccc(-c3ccc(Cl)c(Cl)c3)o1)CS2. The fourth-order valence-electron chi connectivity index (χ4n) is 2.41. The highest BCUT2D eigenvalue weighted by molar-refractivity contribution is 7.99. The number of aryl methyl sites for hydroxylation is 1. The molecule has 0 amide bonds. The van der Waals surface area contributed by atoms with Gasteiger partial charge in [-0.2, -0.15) is 9.78 Å². The van der Waals surface area contributed by atoms with Crippen molar-refractivity contribution in [3.8, 4) is 11.3 Å². The van der Waals surface area contributed by atoms with Gasteiger partial charge in [-0.05, 0) is 30.3 Å². The number of thioether (sulfide) groups is 1. The molecule has 4 rings (SSSR count). The van der Waals surface area contributed by atoms with Crippen molar-refractivity contribution in [1.29, 1.82) is 0 Å². The predicted octanol–water partition coefficient (Wildman–Crippen LogP) is 4.77. The number of benzene rings is 1. The van der Waals surface area contributed by atoms with Gasteiger partial charge in [0, 0.05) is 17.7 Å². The Morgan fingerprint density at radius 2 is 1.96 bits per heavy atom. The summed E-state index contributed by atoms with van der Waals surface area (Å²) in [5, 5.41) is 14.7. The van der Waals surface area contributed by atoms with Gasteiger partial charge in [-0.1, -0.05) is 41.9 Å². The van der Waals surface area contributed by atoms with Gasteiger partial charge in [-0.25, -0.2) is 0 Å². The lowest BCUT2D eigenvalue weighted by Gasteiger charge is -2.11. The second-order valence-electron chi connectivity index (χ2n) is 5.19. The zero-order chi connectivity index (χ0) is 16.7. The monoisotopic (exact) mass is 378 g/mol. The zero-order valence-corrected chi connectivity index (χ0v) is 15.0. The van der Waals surface area contributed by atoms with Gasteiger partial charge in [0.1, 0.15) is 11.5 Å². The number of furan rings is 1. The van der Waals surface area contributed by atoms with E-state index in [0.29, 0.717) is 15.8 Å². The molecule has 8 heteroatoms. The van der Waals surface area contributed by atoms with Crippen LogP contribution in [0.4, 0.5) is 0 Å². The summed E-state index contributed by atoms with van der Waals surface area (Å²) >= 11 is 13.6. The Morgan fingerprint density at radius 1 is 1.12 bits per heavy atom. The summed E-state index contributed by atoms with van der Waals surface area (Å²) in [6.45, 7) is 2.03. The van der Waals surface area contributed by atoms with Gasteiger partial charge in [0.2, 0.25) is 5.16 Å². The van der Waals surface area contributed by atoms with E-state index in [1.54, 1.807) is 28.6 Å². The molecule has 3 heterocycles. The summed E-state index contributed by atoms with van der Waals surface area (Å²) in [6, 6.07) is 9.24. The van der Waals surface area contributed by atoms with E-state index in [2.05, 4.69) is 15.3 Å². The lowest BCUT2D eigenvalue weighted by molar-refractivity contribution is 0.569. The third kappa shape index (κ3) is 2.75. The minimum atomic E-state index is 0.499. The standard InChI is InChI=1S/C16H12Cl2N4OS/c1-2-15-19-20-16-22(15)21-12(8-24-16)14-6-5-13(23-14)9-3-4-10(17)11(18)7-9/h3-7H,2,8H2,1H3. The molecule has 0 atom stereocenters. The first-order chi connectivity index (χ1) is 11.7. The van der Waals surface area contributed by atoms with Gasteiger partial charge in [-0.15, -0.1) is 10.2 Å². The smallest absolute Gasteiger partial charge is 0.212 e. The van der Waals surface area contributed by atoms with Gasteiger partial charge in [0.05, 0.1) is 10.0 Å². The van der Waals surface area contributed by atoms with Crippen molar-refractivity contribution >= 4 is 40.7 Å². The topological polar surface area (TPSA) is 56.2 Å². The first kappa shape index (κ1) is 15.7. The van der Waals surface area contributed by atoms with Gasteiger partial charge in [-0.3, -0.25) is 0 Å². The molecule has 0 saturated carbocycles. The number of hydrogen-bond donors (Lipinski definition) is 0. The van der Waals surface area contributed by atoms with E-state index in [0.717, 1.165) is 40.2 Å². The molecular weight excluding hydrogens is 367 g/mol. The van der Waals surface area contributed by atoms with Crippen molar-refractivity contribution in [2.24, 2.45) is 5.10 Å². The molecule has 0 fully saturated rings. The van der Waals surface area contributed by atoms with Crippen LogP contribution in [-0.4, -0.2) is 26.3 Å². The van der Waals surface area contributed by atoms with Crippen LogP contribution in [0.1, 0.15) is 18.5 Å². The lowest BCUT2D eigenvalue weighted by atomic mass is 10.2. The fraction of sp³-hybridized carbons (Fsp3) is 0.188. The average Bonchev–Trinajstić information content (AvgIpc) is 3.23. The second kappa shape index (κ2) is 6.27. The van der Waals surface area contributed by atoms with E-state index >= 15 is 0 Å². The average molecular weight is 379 g/mol. The highest BCUT2D eigenvalue weighted by atomic mass is 35.5. The van der Waals surface area contributed by atoms with Gasteiger partial charge in [0.15, 0.2) is 11.6 Å². The molecule has 0 spiro atoms. The first-order valence-electron chi connectivity index (χ1n) is 7.36. The maximum atomic E-state index is 6.08. The first-order valence-corrected chi connectivity index (χ1v) is 9.10. The van der Waals surface area contributed by atoms with Crippen molar-refractivity contribution in [3.05, 3.63) is 52.0 Å². The van der Waals surface area contributed by atoms with E-state index in [9.17, 15) is 0 Å². The van der Waals surface area contributed by atoms with Gasteiger partial charge < -0.3 is 4.42 Å². The fourth-order valence-corrected chi connectivity index (χ4v) is 3.54. The molecule has 0 saturated heterocycles. The summed E-state index contributed by atoms with van der Waals surface area (Å²) in [6.07, 6.45) is 0.775. The van der Waals surface area contributed by atoms with Crippen LogP contribution in [0, 0.1) is 0 Å². The lowest BCUT2D eigenvalue weighted by Crippen LogP contribution is -2.13. The van der Waals surface area contributed by atoms with Crippen molar-refractivity contribution in [2.75, 3.05) is 5.75 Å². The van der Waals surface area contributed by atoms with E-state index in [4.69, 9.17) is 27.6 Å². The summed E-state index contributed by atoms with van der Waals surface area (Å²) in [4.78, 5) is 0. The van der Waals surface area contributed by atoms with Crippen molar-refractivity contribution in [3.63, 3.8) is 0 Å². The van der Waals surface area contributed by atoms with Gasteiger partial charge in [0.25, 0.3) is 0 Å². The largest absolute Gasteiger partial charge is 0.455 e. The number of halogens is 2. The molecule has 24 heavy (non-hydrogen) atoms. The van der Waals surface area contributed by atoms with E-state index in [1.165, 1.54) is 0 Å². The Labute approximate surface area is 152 Å². The second-order valence-corrected chi connectivity index (χ2v) is 6.95. The van der Waals surface area contributed by atoms with Crippen LogP contribution in [0.5, 0.6) is 0 Å². The Kier molecular flexibility index (Phi) is 4.12. The minimum Gasteiger partial charge on any atom is -0.455 e. The van der Waals surface area contributed by atoms with Crippen molar-refractivity contribution in [1.82, 2.24) is 14.9 Å². The molecule has 0 radical (unpaired) electrons. The Balaban J connectivity index is 1.69. The summed E-state index contributed by atoms with van der Waals surface area (Å²) in [5.41, 5.74) is 1.73. The van der Waals surface area contributed by atoms with Crippen LogP contribution in [-0.2, 0) is 6.42 Å². The number of rotatable bonds is 3. The number of aromatic nitrogens is 3. The molecule has 0 aliphatic carbocycles. The molecule has 1 aliphatic rings. The molecule has 0 bridgehead atoms. The number of hydrogen-bond acceptors (Lipinski definition) is 5. The van der Waals surface area contributed by atoms with E-state index in [1.807, 2.05) is 25.1 Å². The van der Waals surface area contributed by atoms with E-state index in [-0.39, 0.29) is 0 Å². The summed E-state index contributed by atoms with van der Waals surface area (Å²) in [7, 11) is 0. The maximum Gasteiger partial charge on any atom is 0.212 e. The van der Waals surface area contributed by atoms with Crippen molar-refractivity contribution in [2.45, 2.75) is 18.5 Å². The maximum absolute atomic E-state index is 6.08. The highest BCUT2D eigenvalue weighted by Gasteiger charge is 2.21. The molecule has 5 nitrogen and oxygen atoms in total. The Bertz CT molecular complexity index is 947. The van der Waals surface area contributed by atoms with Crippen LogP contribution < -0.4 is 0 Å². The van der Waals surface area contributed by atoms with Crippen LogP contribution in [0.2, 0.25) is 10.0 Å². The van der Waals surface area contributed by atoms with Crippen LogP contribution in [0.3, 0.4) is 0 Å². The molecule has 122 valence electrons. The van der Waals surface area contributed by atoms with Crippen molar-refractivity contribution < 1.29 is 4.42 Å². The third-order valence-electron chi connectivity index (χ3n) is 3.65. The normalized spacial score (nSPS) is 13.7. The summed E-state index contributed by atoms with van der Waals surface area (Å²) < 4.78 is 7.75.